The lowest BCUT2D eigenvalue weighted by Crippen LogP contribution is -1.90. The van der Waals surface area contributed by atoms with Gasteiger partial charge in [-0.1, -0.05) is 92.5 Å². The second-order valence-electron chi connectivity index (χ2n) is 4.13. The Morgan fingerprint density at radius 1 is 0.611 bits per heavy atom. The van der Waals surface area contributed by atoms with Crippen LogP contribution in [0.25, 0.3) is 0 Å². The van der Waals surface area contributed by atoms with Crippen LogP contribution in [0, 0.1) is 0 Å². The lowest BCUT2D eigenvalue weighted by atomic mass is 10.1. The summed E-state index contributed by atoms with van der Waals surface area (Å²) >= 11 is 7.34. The molecule has 0 bridgehead atoms. The average Bonchev–Trinajstić information content (AvgIpc) is 2.41. The number of halogens is 2. The van der Waals surface area contributed by atoms with Crippen molar-refractivity contribution >= 4 is 31.9 Å². The Bertz CT molecular complexity index is 466. The first kappa shape index (κ1) is 13.6. The van der Waals surface area contributed by atoms with E-state index in [2.05, 4.69) is 80.4 Å². The van der Waals surface area contributed by atoms with Crippen LogP contribution in [0.3, 0.4) is 0 Å². The largest absolute Gasteiger partial charge is 0.0622 e. The van der Waals surface area contributed by atoms with Gasteiger partial charge < -0.3 is 0 Å². The molecule has 0 amide bonds. The van der Waals surface area contributed by atoms with Gasteiger partial charge in [0.2, 0.25) is 0 Å². The van der Waals surface area contributed by atoms with E-state index < -0.39 is 0 Å². The summed E-state index contributed by atoms with van der Waals surface area (Å²) in [6, 6.07) is 20.9. The summed E-state index contributed by atoms with van der Waals surface area (Å²) in [5.41, 5.74) is 2.63. The fourth-order valence-electron chi connectivity index (χ4n) is 1.74. The lowest BCUT2D eigenvalue weighted by Gasteiger charge is -2.05. The van der Waals surface area contributed by atoms with E-state index in [9.17, 15) is 0 Å². The molecule has 2 heteroatoms. The van der Waals surface area contributed by atoms with Crippen molar-refractivity contribution in [2.24, 2.45) is 0 Å². The van der Waals surface area contributed by atoms with E-state index in [1.165, 1.54) is 20.1 Å². The molecule has 0 fully saturated rings. The van der Waals surface area contributed by atoms with Crippen molar-refractivity contribution in [3.05, 3.63) is 80.8 Å². The molecule has 2 rings (SSSR count). The molecular formula is C16H14Br2. The second-order valence-corrected chi connectivity index (χ2v) is 6.05. The lowest BCUT2D eigenvalue weighted by molar-refractivity contribution is 1.18. The van der Waals surface area contributed by atoms with Crippen molar-refractivity contribution in [2.45, 2.75) is 12.8 Å². The summed E-state index contributed by atoms with van der Waals surface area (Å²) < 4.78 is 2.41. The Kier molecular flexibility index (Phi) is 5.21. The van der Waals surface area contributed by atoms with E-state index >= 15 is 0 Å². The van der Waals surface area contributed by atoms with Crippen LogP contribution in [0.2, 0.25) is 0 Å². The molecular weight excluding hydrogens is 352 g/mol. The van der Waals surface area contributed by atoms with Gasteiger partial charge in [0.15, 0.2) is 0 Å². The minimum atomic E-state index is 0.925. The van der Waals surface area contributed by atoms with Crippen molar-refractivity contribution in [3.8, 4) is 0 Å². The van der Waals surface area contributed by atoms with Gasteiger partial charge in [-0.15, -0.1) is 0 Å². The molecule has 0 aliphatic carbocycles. The van der Waals surface area contributed by atoms with Gasteiger partial charge in [-0.3, -0.25) is 0 Å². The van der Waals surface area contributed by atoms with E-state index in [-0.39, 0.29) is 0 Å². The van der Waals surface area contributed by atoms with Crippen LogP contribution >= 0.6 is 31.9 Å². The van der Waals surface area contributed by atoms with Crippen LogP contribution in [-0.2, 0) is 12.8 Å². The Balaban J connectivity index is 2.06. The third kappa shape index (κ3) is 4.11. The van der Waals surface area contributed by atoms with Gasteiger partial charge in [-0.25, -0.2) is 0 Å². The van der Waals surface area contributed by atoms with Gasteiger partial charge in [0.1, 0.15) is 0 Å². The Morgan fingerprint density at radius 3 is 1.28 bits per heavy atom. The van der Waals surface area contributed by atoms with Gasteiger partial charge >= 0.3 is 0 Å². The highest BCUT2D eigenvalue weighted by molar-refractivity contribution is 9.14. The van der Waals surface area contributed by atoms with Gasteiger partial charge in [0.25, 0.3) is 0 Å². The minimum Gasteiger partial charge on any atom is -0.0622 e. The van der Waals surface area contributed by atoms with Gasteiger partial charge in [0.05, 0.1) is 0 Å². The SMILES string of the molecule is Br/C(Cc1ccccc1)=C(/Br)Cc1ccccc1. The van der Waals surface area contributed by atoms with Crippen molar-refractivity contribution < 1.29 is 0 Å². The number of benzene rings is 2. The second kappa shape index (κ2) is 6.91. The molecule has 0 atom stereocenters. The molecule has 2 aromatic carbocycles. The first-order valence-corrected chi connectivity index (χ1v) is 7.45. The maximum atomic E-state index is 3.67. The predicted octanol–water partition coefficient (Wildman–Crippen LogP) is 5.47. The van der Waals surface area contributed by atoms with Crippen LogP contribution in [0.15, 0.2) is 69.6 Å². The van der Waals surface area contributed by atoms with Crippen molar-refractivity contribution in [1.82, 2.24) is 0 Å². The Labute approximate surface area is 125 Å². The molecule has 92 valence electrons. The van der Waals surface area contributed by atoms with Crippen molar-refractivity contribution in [2.75, 3.05) is 0 Å². The van der Waals surface area contributed by atoms with Crippen LogP contribution in [-0.4, -0.2) is 0 Å². The zero-order chi connectivity index (χ0) is 12.8. The molecule has 0 aliphatic rings. The topological polar surface area (TPSA) is 0 Å². The zero-order valence-electron chi connectivity index (χ0n) is 9.94. The highest BCUT2D eigenvalue weighted by Gasteiger charge is 2.03. The van der Waals surface area contributed by atoms with Crippen molar-refractivity contribution in [1.29, 1.82) is 0 Å². The van der Waals surface area contributed by atoms with Gasteiger partial charge in [-0.2, -0.15) is 0 Å². The van der Waals surface area contributed by atoms with E-state index in [1.807, 2.05) is 12.1 Å². The van der Waals surface area contributed by atoms with Crippen LogP contribution in [0.4, 0.5) is 0 Å². The molecule has 0 aliphatic heterocycles. The summed E-state index contributed by atoms with van der Waals surface area (Å²) in [6.45, 7) is 0. The van der Waals surface area contributed by atoms with Crippen LogP contribution in [0.1, 0.15) is 11.1 Å². The van der Waals surface area contributed by atoms with Crippen LogP contribution in [0.5, 0.6) is 0 Å². The molecule has 0 saturated carbocycles. The molecule has 0 N–H and O–H groups in total. The average molecular weight is 366 g/mol. The van der Waals surface area contributed by atoms with Crippen molar-refractivity contribution in [3.63, 3.8) is 0 Å². The van der Waals surface area contributed by atoms with Crippen LogP contribution < -0.4 is 0 Å². The summed E-state index contributed by atoms with van der Waals surface area (Å²) in [6.07, 6.45) is 1.85. The molecule has 0 spiro atoms. The van der Waals surface area contributed by atoms with E-state index in [1.54, 1.807) is 0 Å². The summed E-state index contributed by atoms with van der Waals surface area (Å²) in [7, 11) is 0. The maximum Gasteiger partial charge on any atom is 0.00990 e. The third-order valence-electron chi connectivity index (χ3n) is 2.70. The molecule has 0 unspecified atom stereocenters. The predicted molar refractivity (Wildman–Crippen MR) is 85.2 cm³/mol. The number of hydrogen-bond donors (Lipinski definition) is 0. The first-order valence-electron chi connectivity index (χ1n) is 5.86. The first-order chi connectivity index (χ1) is 8.75. The molecule has 0 heterocycles. The quantitative estimate of drug-likeness (QED) is 0.673. The summed E-state index contributed by atoms with van der Waals surface area (Å²) in [4.78, 5) is 0. The maximum absolute atomic E-state index is 3.67. The fraction of sp³-hybridized carbons (Fsp3) is 0.125. The standard InChI is InChI=1S/C16H14Br2/c17-15(11-13-7-3-1-4-8-13)16(18)12-14-9-5-2-6-10-14/h1-10H,11-12H2/b16-15+. The summed E-state index contributed by atoms with van der Waals surface area (Å²) in [5.74, 6) is 0. The van der Waals surface area contributed by atoms with E-state index in [4.69, 9.17) is 0 Å². The highest BCUT2D eigenvalue weighted by Crippen LogP contribution is 2.25. The Morgan fingerprint density at radius 2 is 0.944 bits per heavy atom. The molecule has 0 aromatic heterocycles. The molecule has 2 aromatic rings. The smallest absolute Gasteiger partial charge is 0.00990 e. The monoisotopic (exact) mass is 364 g/mol. The fourth-order valence-corrected chi connectivity index (χ4v) is 2.67. The number of allylic oxidation sites excluding steroid dienone is 2. The van der Waals surface area contributed by atoms with Gasteiger partial charge in [0, 0.05) is 21.8 Å². The van der Waals surface area contributed by atoms with Gasteiger partial charge in [-0.05, 0) is 11.1 Å². The number of rotatable bonds is 4. The highest BCUT2D eigenvalue weighted by atomic mass is 79.9. The third-order valence-corrected chi connectivity index (χ3v) is 4.75. The van der Waals surface area contributed by atoms with E-state index in [0.29, 0.717) is 0 Å². The Hall–Kier alpha value is -0.860. The molecule has 0 nitrogen and oxygen atoms in total. The normalized spacial score (nSPS) is 12.1. The molecule has 0 saturated heterocycles. The zero-order valence-corrected chi connectivity index (χ0v) is 13.1. The summed E-state index contributed by atoms with van der Waals surface area (Å²) in [5, 5.41) is 0. The molecule has 18 heavy (non-hydrogen) atoms. The molecule has 0 radical (unpaired) electrons. The number of hydrogen-bond acceptors (Lipinski definition) is 0. The minimum absolute atomic E-state index is 0.925. The van der Waals surface area contributed by atoms with E-state index in [0.717, 1.165) is 12.8 Å².